The van der Waals surface area contributed by atoms with Gasteiger partial charge in [0, 0.05) is 5.69 Å². The van der Waals surface area contributed by atoms with Crippen molar-refractivity contribution in [1.82, 2.24) is 10.2 Å². The van der Waals surface area contributed by atoms with Crippen LogP contribution in [-0.2, 0) is 15.1 Å². The molecule has 7 nitrogen and oxygen atoms in total. The summed E-state index contributed by atoms with van der Waals surface area (Å²) < 4.78 is 32.1. The van der Waals surface area contributed by atoms with Gasteiger partial charge >= 0.3 is 6.03 Å². The second-order valence-corrected chi connectivity index (χ2v) is 6.58. The van der Waals surface area contributed by atoms with E-state index in [1.54, 1.807) is 24.3 Å². The minimum atomic E-state index is -1.61. The Morgan fingerprint density at radius 3 is 2.45 bits per heavy atom. The van der Waals surface area contributed by atoms with Crippen LogP contribution in [0.15, 0.2) is 42.5 Å². The maximum absolute atomic E-state index is 13.6. The second kappa shape index (κ2) is 7.86. The first-order valence-corrected chi connectivity index (χ1v) is 8.87. The van der Waals surface area contributed by atoms with Crippen LogP contribution in [0, 0.1) is 11.6 Å². The molecule has 0 aromatic heterocycles. The second-order valence-electron chi connectivity index (χ2n) is 6.58. The van der Waals surface area contributed by atoms with E-state index in [9.17, 15) is 23.2 Å². The van der Waals surface area contributed by atoms with Crippen molar-refractivity contribution in [3.8, 4) is 5.75 Å². The molecule has 4 amide bonds. The van der Waals surface area contributed by atoms with Gasteiger partial charge in [-0.15, -0.1) is 0 Å². The van der Waals surface area contributed by atoms with E-state index in [-0.39, 0.29) is 5.56 Å². The topological polar surface area (TPSA) is 87.7 Å². The third kappa shape index (κ3) is 4.03. The quantitative estimate of drug-likeness (QED) is 0.726. The molecule has 9 heteroatoms. The van der Waals surface area contributed by atoms with E-state index < -0.39 is 41.6 Å². The number of anilines is 1. The Hall–Kier alpha value is -3.49. The third-order valence-corrected chi connectivity index (χ3v) is 4.52. The molecule has 0 bridgehead atoms. The standard InChI is InChI=1S/C20H19F2N3O4/c1-3-29-14-7-5-13(6-8-14)23-17(26)11-25-18(27)20(2,24-19(25)28)12-4-9-15(21)16(22)10-12/h4-10H,3,11H2,1-2H3,(H,23,26)(H,24,28)/t20-/m0/s1. The summed E-state index contributed by atoms with van der Waals surface area (Å²) in [6.07, 6.45) is 0. The third-order valence-electron chi connectivity index (χ3n) is 4.52. The van der Waals surface area contributed by atoms with Crippen molar-refractivity contribution in [3.05, 3.63) is 59.7 Å². The van der Waals surface area contributed by atoms with E-state index in [4.69, 9.17) is 4.74 Å². The Bertz CT molecular complexity index is 965. The van der Waals surface area contributed by atoms with Crippen LogP contribution in [-0.4, -0.2) is 35.9 Å². The number of carbonyl (C=O) groups is 3. The highest BCUT2D eigenvalue weighted by Gasteiger charge is 2.49. The number of hydrogen-bond acceptors (Lipinski definition) is 4. The SMILES string of the molecule is CCOc1ccc(NC(=O)CN2C(=O)N[C@@](C)(c3ccc(F)c(F)c3)C2=O)cc1. The molecule has 2 aromatic carbocycles. The molecule has 0 aliphatic carbocycles. The van der Waals surface area contributed by atoms with Gasteiger partial charge in [-0.05, 0) is 55.8 Å². The largest absolute Gasteiger partial charge is 0.494 e. The maximum Gasteiger partial charge on any atom is 0.325 e. The molecule has 152 valence electrons. The summed E-state index contributed by atoms with van der Waals surface area (Å²) in [5, 5.41) is 5.02. The van der Waals surface area contributed by atoms with Gasteiger partial charge in [-0.2, -0.15) is 0 Å². The van der Waals surface area contributed by atoms with E-state index in [0.29, 0.717) is 18.0 Å². The van der Waals surface area contributed by atoms with Crippen LogP contribution in [0.5, 0.6) is 5.75 Å². The Labute approximate surface area is 165 Å². The van der Waals surface area contributed by atoms with Crippen LogP contribution in [0.2, 0.25) is 0 Å². The highest BCUT2D eigenvalue weighted by atomic mass is 19.2. The summed E-state index contributed by atoms with van der Waals surface area (Å²) in [5.74, 6) is -2.90. The fraction of sp³-hybridized carbons (Fsp3) is 0.250. The van der Waals surface area contributed by atoms with Crippen molar-refractivity contribution in [2.24, 2.45) is 0 Å². The van der Waals surface area contributed by atoms with Crippen molar-refractivity contribution in [2.75, 3.05) is 18.5 Å². The van der Waals surface area contributed by atoms with Crippen molar-refractivity contribution >= 4 is 23.5 Å². The first-order chi connectivity index (χ1) is 13.7. The summed E-state index contributed by atoms with van der Waals surface area (Å²) in [5.41, 5.74) is -1.07. The number of carbonyl (C=O) groups excluding carboxylic acids is 3. The number of ether oxygens (including phenoxy) is 1. The predicted octanol–water partition coefficient (Wildman–Crippen LogP) is 2.77. The molecule has 1 aliphatic heterocycles. The Morgan fingerprint density at radius 1 is 1.14 bits per heavy atom. The average Bonchev–Trinajstić information content (AvgIpc) is 2.90. The van der Waals surface area contributed by atoms with Crippen LogP contribution in [0.3, 0.4) is 0 Å². The lowest BCUT2D eigenvalue weighted by atomic mass is 9.92. The van der Waals surface area contributed by atoms with E-state index >= 15 is 0 Å². The summed E-state index contributed by atoms with van der Waals surface area (Å²) in [6.45, 7) is 3.19. The van der Waals surface area contributed by atoms with E-state index in [1.165, 1.54) is 13.0 Å². The van der Waals surface area contributed by atoms with Crippen molar-refractivity contribution in [1.29, 1.82) is 0 Å². The van der Waals surface area contributed by atoms with Crippen LogP contribution < -0.4 is 15.4 Å². The van der Waals surface area contributed by atoms with Gasteiger partial charge in [0.25, 0.3) is 5.91 Å². The van der Waals surface area contributed by atoms with Crippen LogP contribution in [0.25, 0.3) is 0 Å². The number of hydrogen-bond donors (Lipinski definition) is 2. The van der Waals surface area contributed by atoms with Gasteiger partial charge in [0.05, 0.1) is 6.61 Å². The molecular weight excluding hydrogens is 384 g/mol. The lowest BCUT2D eigenvalue weighted by Crippen LogP contribution is -2.42. The summed E-state index contributed by atoms with van der Waals surface area (Å²) in [7, 11) is 0. The molecule has 0 spiro atoms. The molecule has 1 saturated heterocycles. The predicted molar refractivity (Wildman–Crippen MR) is 100 cm³/mol. The van der Waals surface area contributed by atoms with Gasteiger partial charge in [0.1, 0.15) is 17.8 Å². The number of amides is 4. The molecule has 1 heterocycles. The molecule has 2 aromatic rings. The van der Waals surface area contributed by atoms with Gasteiger partial charge < -0.3 is 15.4 Å². The maximum atomic E-state index is 13.6. The van der Waals surface area contributed by atoms with E-state index in [2.05, 4.69) is 10.6 Å². The van der Waals surface area contributed by atoms with Gasteiger partial charge in [-0.1, -0.05) is 6.07 Å². The average molecular weight is 403 g/mol. The normalized spacial score (nSPS) is 18.6. The van der Waals surface area contributed by atoms with Crippen LogP contribution >= 0.6 is 0 Å². The molecule has 0 saturated carbocycles. The minimum absolute atomic E-state index is 0.0733. The van der Waals surface area contributed by atoms with Crippen molar-refractivity contribution in [2.45, 2.75) is 19.4 Å². The van der Waals surface area contributed by atoms with Crippen molar-refractivity contribution in [3.63, 3.8) is 0 Å². The monoisotopic (exact) mass is 403 g/mol. The Balaban J connectivity index is 1.70. The van der Waals surface area contributed by atoms with Gasteiger partial charge in [0.2, 0.25) is 5.91 Å². The number of benzene rings is 2. The number of nitrogens with one attached hydrogen (secondary N) is 2. The summed E-state index contributed by atoms with van der Waals surface area (Å²) in [4.78, 5) is 38.0. The molecule has 1 fully saturated rings. The molecule has 0 radical (unpaired) electrons. The Kier molecular flexibility index (Phi) is 5.49. The summed E-state index contributed by atoms with van der Waals surface area (Å²) in [6, 6.07) is 8.72. The zero-order chi connectivity index (χ0) is 21.2. The molecule has 1 atom stereocenters. The minimum Gasteiger partial charge on any atom is -0.494 e. The molecule has 0 unspecified atom stereocenters. The zero-order valence-electron chi connectivity index (χ0n) is 15.8. The van der Waals surface area contributed by atoms with Crippen LogP contribution in [0.1, 0.15) is 19.4 Å². The lowest BCUT2D eigenvalue weighted by Gasteiger charge is -2.22. The van der Waals surface area contributed by atoms with Gasteiger partial charge in [-0.25, -0.2) is 13.6 Å². The number of nitrogens with zero attached hydrogens (tertiary/aromatic N) is 1. The molecule has 29 heavy (non-hydrogen) atoms. The summed E-state index contributed by atoms with van der Waals surface area (Å²) >= 11 is 0. The van der Waals surface area contributed by atoms with E-state index in [0.717, 1.165) is 17.0 Å². The van der Waals surface area contributed by atoms with Gasteiger partial charge in [0.15, 0.2) is 11.6 Å². The van der Waals surface area contributed by atoms with Gasteiger partial charge in [-0.3, -0.25) is 14.5 Å². The highest BCUT2D eigenvalue weighted by Crippen LogP contribution is 2.29. The van der Waals surface area contributed by atoms with Crippen LogP contribution in [0.4, 0.5) is 19.3 Å². The number of halogens is 2. The number of imide groups is 1. The lowest BCUT2D eigenvalue weighted by molar-refractivity contribution is -0.133. The highest BCUT2D eigenvalue weighted by molar-refractivity contribution is 6.10. The first-order valence-electron chi connectivity index (χ1n) is 8.87. The number of rotatable bonds is 6. The molecule has 1 aliphatic rings. The first kappa shape index (κ1) is 20.2. The number of urea groups is 1. The molecule has 2 N–H and O–H groups in total. The molecule has 3 rings (SSSR count). The Morgan fingerprint density at radius 2 is 1.83 bits per heavy atom. The zero-order valence-corrected chi connectivity index (χ0v) is 15.8. The molecular formula is C20H19F2N3O4. The van der Waals surface area contributed by atoms with E-state index in [1.807, 2.05) is 6.92 Å². The fourth-order valence-corrected chi connectivity index (χ4v) is 2.99. The van der Waals surface area contributed by atoms with Crippen molar-refractivity contribution < 1.29 is 27.9 Å². The fourth-order valence-electron chi connectivity index (χ4n) is 2.99. The smallest absolute Gasteiger partial charge is 0.325 e.